The number of benzene rings is 3. The van der Waals surface area contributed by atoms with Crippen LogP contribution in [0.1, 0.15) is 16.7 Å². The molecule has 0 fully saturated rings. The molecule has 0 atom stereocenters. The van der Waals surface area contributed by atoms with E-state index in [9.17, 15) is 31.6 Å². The third-order valence-electron chi connectivity index (χ3n) is 4.59. The molecule has 0 spiro atoms. The van der Waals surface area contributed by atoms with Crippen molar-refractivity contribution in [1.82, 2.24) is 0 Å². The van der Waals surface area contributed by atoms with Crippen LogP contribution in [-0.2, 0) is 21.1 Å². The maximum absolute atomic E-state index is 13.0. The van der Waals surface area contributed by atoms with Gasteiger partial charge in [-0.3, -0.25) is 4.79 Å². The standard InChI is InChI=1S/C24H16ClF3N2O4S/c1-15-5-8-20(9-6-15)35(32,33)34-19-4-2-3-16(12-19)11-17(14-29)23(31)30-22-13-18(24(26,27)28)7-10-21(22)25/h2-13H,1H3,(H,30,31). The van der Waals surface area contributed by atoms with Crippen molar-refractivity contribution >= 4 is 39.4 Å². The lowest BCUT2D eigenvalue weighted by Gasteiger charge is -2.11. The number of amides is 1. The number of aryl methyl sites for hydroxylation is 1. The van der Waals surface area contributed by atoms with E-state index >= 15 is 0 Å². The molecule has 11 heteroatoms. The summed E-state index contributed by atoms with van der Waals surface area (Å²) in [6.07, 6.45) is -3.53. The Bertz CT molecular complexity index is 1440. The van der Waals surface area contributed by atoms with Crippen molar-refractivity contribution in [2.75, 3.05) is 5.32 Å². The summed E-state index contributed by atoms with van der Waals surface area (Å²) in [5.74, 6) is -1.08. The zero-order valence-corrected chi connectivity index (χ0v) is 19.5. The van der Waals surface area contributed by atoms with Crippen molar-refractivity contribution in [2.45, 2.75) is 18.0 Å². The monoisotopic (exact) mass is 520 g/mol. The smallest absolute Gasteiger partial charge is 0.379 e. The second-order valence-corrected chi connectivity index (χ2v) is 9.19. The van der Waals surface area contributed by atoms with E-state index in [1.807, 2.05) is 0 Å². The van der Waals surface area contributed by atoms with Gasteiger partial charge >= 0.3 is 16.3 Å². The maximum Gasteiger partial charge on any atom is 0.416 e. The van der Waals surface area contributed by atoms with Crippen molar-refractivity contribution in [3.8, 4) is 11.8 Å². The number of alkyl halides is 3. The average molecular weight is 521 g/mol. The fourth-order valence-corrected chi connectivity index (χ4v) is 3.93. The van der Waals surface area contributed by atoms with Gasteiger partial charge in [0.2, 0.25) is 0 Å². The molecule has 3 aromatic carbocycles. The second-order valence-electron chi connectivity index (χ2n) is 7.24. The molecule has 0 radical (unpaired) electrons. The molecule has 35 heavy (non-hydrogen) atoms. The van der Waals surface area contributed by atoms with Crippen LogP contribution in [0, 0.1) is 18.3 Å². The number of carbonyl (C=O) groups excluding carboxylic acids is 1. The van der Waals surface area contributed by atoms with Gasteiger partial charge < -0.3 is 9.50 Å². The predicted octanol–water partition coefficient (Wildman–Crippen LogP) is 5.98. The van der Waals surface area contributed by atoms with Crippen molar-refractivity contribution in [3.63, 3.8) is 0 Å². The van der Waals surface area contributed by atoms with E-state index in [0.717, 1.165) is 23.8 Å². The first-order valence-corrected chi connectivity index (χ1v) is 11.6. The molecular weight excluding hydrogens is 505 g/mol. The number of rotatable bonds is 6. The molecule has 6 nitrogen and oxygen atoms in total. The van der Waals surface area contributed by atoms with Gasteiger partial charge in [-0.2, -0.15) is 26.9 Å². The first-order chi connectivity index (χ1) is 16.4. The highest BCUT2D eigenvalue weighted by Crippen LogP contribution is 2.34. The molecule has 3 aromatic rings. The Hall–Kier alpha value is -3.81. The Morgan fingerprint density at radius 1 is 1.09 bits per heavy atom. The van der Waals surface area contributed by atoms with Gasteiger partial charge in [-0.05, 0) is 61.0 Å². The Morgan fingerprint density at radius 3 is 2.40 bits per heavy atom. The zero-order valence-electron chi connectivity index (χ0n) is 17.9. The molecule has 0 aliphatic carbocycles. The lowest BCUT2D eigenvalue weighted by molar-refractivity contribution is -0.137. The highest BCUT2D eigenvalue weighted by molar-refractivity contribution is 7.87. The molecule has 180 valence electrons. The summed E-state index contributed by atoms with van der Waals surface area (Å²) in [5.41, 5.74) is -0.710. The molecule has 0 aliphatic heterocycles. The highest BCUT2D eigenvalue weighted by Gasteiger charge is 2.31. The number of nitrogens with zero attached hydrogens (tertiary/aromatic N) is 1. The first-order valence-electron chi connectivity index (χ1n) is 9.80. The van der Waals surface area contributed by atoms with Gasteiger partial charge in [0.25, 0.3) is 5.91 Å². The average Bonchev–Trinajstić information content (AvgIpc) is 2.78. The quantitative estimate of drug-likeness (QED) is 0.245. The molecule has 0 bridgehead atoms. The van der Waals surface area contributed by atoms with E-state index in [1.54, 1.807) is 25.1 Å². The van der Waals surface area contributed by atoms with Gasteiger partial charge in [-0.15, -0.1) is 0 Å². The summed E-state index contributed by atoms with van der Waals surface area (Å²) in [5, 5.41) is 11.4. The summed E-state index contributed by atoms with van der Waals surface area (Å²) in [6, 6.07) is 15.6. The molecule has 0 aliphatic rings. The largest absolute Gasteiger partial charge is 0.416 e. The van der Waals surface area contributed by atoms with Crippen LogP contribution < -0.4 is 9.50 Å². The summed E-state index contributed by atoms with van der Waals surface area (Å²) in [7, 11) is -4.13. The van der Waals surface area contributed by atoms with Gasteiger partial charge in [0.05, 0.1) is 16.3 Å². The number of carbonyl (C=O) groups is 1. The van der Waals surface area contributed by atoms with Crippen LogP contribution >= 0.6 is 11.6 Å². The molecular formula is C24H16ClF3N2O4S. The third kappa shape index (κ3) is 6.62. The summed E-state index contributed by atoms with van der Waals surface area (Å²) >= 11 is 5.88. The van der Waals surface area contributed by atoms with Crippen LogP contribution in [0.2, 0.25) is 5.02 Å². The Kier molecular flexibility index (Phi) is 7.53. The van der Waals surface area contributed by atoms with Crippen LogP contribution in [-0.4, -0.2) is 14.3 Å². The summed E-state index contributed by atoms with van der Waals surface area (Å²) in [6.45, 7) is 1.80. The topological polar surface area (TPSA) is 96.3 Å². The Labute approximate surface area is 204 Å². The van der Waals surface area contributed by atoms with Gasteiger partial charge in [-0.25, -0.2) is 0 Å². The Balaban J connectivity index is 1.83. The highest BCUT2D eigenvalue weighted by atomic mass is 35.5. The van der Waals surface area contributed by atoms with Crippen molar-refractivity contribution in [3.05, 3.63) is 94.0 Å². The van der Waals surface area contributed by atoms with Crippen LogP contribution in [0.25, 0.3) is 6.08 Å². The molecule has 0 saturated carbocycles. The molecule has 1 amide bonds. The van der Waals surface area contributed by atoms with Crippen molar-refractivity contribution in [1.29, 1.82) is 5.26 Å². The predicted molar refractivity (Wildman–Crippen MR) is 124 cm³/mol. The van der Waals surface area contributed by atoms with Gasteiger partial charge in [0, 0.05) is 0 Å². The first kappa shape index (κ1) is 25.8. The molecule has 0 saturated heterocycles. The normalized spacial score (nSPS) is 12.1. The Morgan fingerprint density at radius 2 is 1.77 bits per heavy atom. The molecule has 1 N–H and O–H groups in total. The van der Waals surface area contributed by atoms with Gasteiger partial charge in [0.1, 0.15) is 22.3 Å². The minimum atomic E-state index is -4.66. The fourth-order valence-electron chi connectivity index (χ4n) is 2.84. The number of hydrogen-bond donors (Lipinski definition) is 1. The van der Waals surface area contributed by atoms with Crippen LogP contribution in [0.15, 0.2) is 77.2 Å². The lowest BCUT2D eigenvalue weighted by Crippen LogP contribution is -2.15. The number of nitrogens with one attached hydrogen (secondary N) is 1. The maximum atomic E-state index is 13.0. The number of halogens is 4. The minimum absolute atomic E-state index is 0.0564. The van der Waals surface area contributed by atoms with E-state index in [2.05, 4.69) is 5.32 Å². The van der Waals surface area contributed by atoms with E-state index in [4.69, 9.17) is 15.8 Å². The van der Waals surface area contributed by atoms with Gasteiger partial charge in [-0.1, -0.05) is 41.4 Å². The van der Waals surface area contributed by atoms with E-state index in [-0.39, 0.29) is 26.9 Å². The lowest BCUT2D eigenvalue weighted by atomic mass is 10.1. The SMILES string of the molecule is Cc1ccc(S(=O)(=O)Oc2cccc(C=C(C#N)C(=O)Nc3cc(C(F)(F)F)ccc3Cl)c2)cc1. The van der Waals surface area contributed by atoms with Crippen molar-refractivity contribution in [2.24, 2.45) is 0 Å². The minimum Gasteiger partial charge on any atom is -0.379 e. The number of anilines is 1. The molecule has 0 aromatic heterocycles. The molecule has 3 rings (SSSR count). The van der Waals surface area contributed by atoms with Crippen LogP contribution in [0.5, 0.6) is 5.75 Å². The summed E-state index contributed by atoms with van der Waals surface area (Å²) in [4.78, 5) is 12.5. The third-order valence-corrected chi connectivity index (χ3v) is 6.18. The van der Waals surface area contributed by atoms with Crippen LogP contribution in [0.3, 0.4) is 0 Å². The van der Waals surface area contributed by atoms with E-state index < -0.39 is 33.3 Å². The number of nitriles is 1. The molecule has 0 heterocycles. The van der Waals surface area contributed by atoms with Crippen LogP contribution in [0.4, 0.5) is 18.9 Å². The summed E-state index contributed by atoms with van der Waals surface area (Å²) < 4.78 is 69.0. The van der Waals surface area contributed by atoms with E-state index in [1.165, 1.54) is 36.4 Å². The zero-order chi connectivity index (χ0) is 25.8. The van der Waals surface area contributed by atoms with Crippen molar-refractivity contribution < 1.29 is 30.6 Å². The fraction of sp³-hybridized carbons (Fsp3) is 0.0833. The van der Waals surface area contributed by atoms with E-state index in [0.29, 0.717) is 6.07 Å². The second kappa shape index (κ2) is 10.2. The van der Waals surface area contributed by atoms with Gasteiger partial charge in [0.15, 0.2) is 0 Å². The number of hydrogen-bond acceptors (Lipinski definition) is 5. The molecule has 0 unspecified atom stereocenters.